The molecule has 0 amide bonds. The summed E-state index contributed by atoms with van der Waals surface area (Å²) in [7, 11) is 2.01. The highest BCUT2D eigenvalue weighted by molar-refractivity contribution is 6.07. The number of hydrogen-bond donors (Lipinski definition) is 0. The summed E-state index contributed by atoms with van der Waals surface area (Å²) in [5, 5.41) is 11.1. The second-order valence-electron chi connectivity index (χ2n) is 3.77. The first-order valence-corrected chi connectivity index (χ1v) is 5.04. The summed E-state index contributed by atoms with van der Waals surface area (Å²) in [4.78, 5) is 4.10. The maximum Gasteiger partial charge on any atom is 0.141 e. The van der Waals surface area contributed by atoms with E-state index in [1.165, 1.54) is 5.39 Å². The van der Waals surface area contributed by atoms with Gasteiger partial charge < -0.3 is 4.57 Å². The SMILES string of the molecule is Cn1c2ccccc2c2cc(C#N)ncc21. The van der Waals surface area contributed by atoms with Crippen LogP contribution in [-0.2, 0) is 7.05 Å². The topological polar surface area (TPSA) is 41.6 Å². The van der Waals surface area contributed by atoms with E-state index in [-0.39, 0.29) is 0 Å². The minimum atomic E-state index is 0.462. The number of pyridine rings is 1. The molecule has 3 aromatic rings. The molecule has 0 saturated carbocycles. The molecule has 16 heavy (non-hydrogen) atoms. The summed E-state index contributed by atoms with van der Waals surface area (Å²) < 4.78 is 2.10. The van der Waals surface area contributed by atoms with E-state index in [1.807, 2.05) is 25.2 Å². The van der Waals surface area contributed by atoms with Gasteiger partial charge in [-0.15, -0.1) is 0 Å². The highest BCUT2D eigenvalue weighted by Crippen LogP contribution is 2.27. The van der Waals surface area contributed by atoms with Gasteiger partial charge >= 0.3 is 0 Å². The lowest BCUT2D eigenvalue weighted by atomic mass is 10.2. The lowest BCUT2D eigenvalue weighted by Crippen LogP contribution is -1.87. The van der Waals surface area contributed by atoms with Crippen LogP contribution in [-0.4, -0.2) is 9.55 Å². The van der Waals surface area contributed by atoms with Gasteiger partial charge in [-0.25, -0.2) is 4.98 Å². The molecule has 0 unspecified atom stereocenters. The van der Waals surface area contributed by atoms with E-state index in [1.54, 1.807) is 6.20 Å². The van der Waals surface area contributed by atoms with Gasteiger partial charge in [0.05, 0.1) is 11.7 Å². The Morgan fingerprint density at radius 2 is 2.00 bits per heavy atom. The Hall–Kier alpha value is -2.34. The van der Waals surface area contributed by atoms with Gasteiger partial charge in [0.1, 0.15) is 11.8 Å². The average molecular weight is 207 g/mol. The number of rotatable bonds is 0. The fourth-order valence-corrected chi connectivity index (χ4v) is 2.12. The summed E-state index contributed by atoms with van der Waals surface area (Å²) in [5.74, 6) is 0. The number of aryl methyl sites for hydroxylation is 1. The molecule has 0 saturated heterocycles. The normalized spacial score (nSPS) is 10.8. The third kappa shape index (κ3) is 1.04. The minimum absolute atomic E-state index is 0.462. The van der Waals surface area contributed by atoms with Crippen LogP contribution in [0.25, 0.3) is 21.8 Å². The molecule has 1 aromatic carbocycles. The van der Waals surface area contributed by atoms with Crippen LogP contribution in [0.3, 0.4) is 0 Å². The molecule has 0 spiro atoms. The summed E-state index contributed by atoms with van der Waals surface area (Å²) >= 11 is 0. The molecule has 3 rings (SSSR count). The van der Waals surface area contributed by atoms with Crippen LogP contribution in [0.5, 0.6) is 0 Å². The first-order valence-electron chi connectivity index (χ1n) is 5.04. The molecule has 0 N–H and O–H groups in total. The Kier molecular flexibility index (Phi) is 1.72. The van der Waals surface area contributed by atoms with E-state index in [2.05, 4.69) is 27.8 Å². The molecular weight excluding hydrogens is 198 g/mol. The number of nitriles is 1. The van der Waals surface area contributed by atoms with Crippen LogP contribution in [0.4, 0.5) is 0 Å². The van der Waals surface area contributed by atoms with Crippen molar-refractivity contribution >= 4 is 21.8 Å². The number of para-hydroxylation sites is 1. The molecule has 0 fully saturated rings. The van der Waals surface area contributed by atoms with E-state index >= 15 is 0 Å². The van der Waals surface area contributed by atoms with Crippen LogP contribution < -0.4 is 0 Å². The van der Waals surface area contributed by atoms with Crippen molar-refractivity contribution < 1.29 is 0 Å². The number of benzene rings is 1. The van der Waals surface area contributed by atoms with Crippen molar-refractivity contribution in [1.29, 1.82) is 5.26 Å². The number of fused-ring (bicyclic) bond motifs is 3. The lowest BCUT2D eigenvalue weighted by Gasteiger charge is -1.95. The highest BCUT2D eigenvalue weighted by atomic mass is 14.9. The summed E-state index contributed by atoms with van der Waals surface area (Å²) in [5.41, 5.74) is 2.68. The zero-order valence-corrected chi connectivity index (χ0v) is 8.81. The first kappa shape index (κ1) is 8.93. The molecule has 0 aliphatic carbocycles. The molecule has 3 nitrogen and oxygen atoms in total. The smallest absolute Gasteiger partial charge is 0.141 e. The molecule has 0 bridgehead atoms. The molecular formula is C13H9N3. The molecule has 2 aromatic heterocycles. The van der Waals surface area contributed by atoms with E-state index in [9.17, 15) is 0 Å². The Morgan fingerprint density at radius 1 is 1.19 bits per heavy atom. The second kappa shape index (κ2) is 3.07. The van der Waals surface area contributed by atoms with Crippen molar-refractivity contribution in [2.45, 2.75) is 0 Å². The quantitative estimate of drug-likeness (QED) is 0.568. The van der Waals surface area contributed by atoms with Gasteiger partial charge in [-0.2, -0.15) is 5.26 Å². The van der Waals surface area contributed by atoms with Crippen molar-refractivity contribution in [3.63, 3.8) is 0 Å². The van der Waals surface area contributed by atoms with Gasteiger partial charge in [-0.05, 0) is 12.1 Å². The van der Waals surface area contributed by atoms with E-state index in [0.717, 1.165) is 16.4 Å². The van der Waals surface area contributed by atoms with Gasteiger partial charge in [0, 0.05) is 23.3 Å². The molecule has 2 heterocycles. The number of hydrogen-bond acceptors (Lipinski definition) is 2. The Balaban J connectivity index is 2.58. The number of nitrogens with zero attached hydrogens (tertiary/aromatic N) is 3. The van der Waals surface area contributed by atoms with Crippen molar-refractivity contribution in [3.05, 3.63) is 42.2 Å². The first-order chi connectivity index (χ1) is 7.81. The third-order valence-electron chi connectivity index (χ3n) is 2.91. The lowest BCUT2D eigenvalue weighted by molar-refractivity contribution is 1.01. The third-order valence-corrected chi connectivity index (χ3v) is 2.91. The summed E-state index contributed by atoms with van der Waals surface area (Å²) in [6.07, 6.45) is 1.76. The zero-order valence-electron chi connectivity index (χ0n) is 8.81. The van der Waals surface area contributed by atoms with Crippen LogP contribution >= 0.6 is 0 Å². The minimum Gasteiger partial charge on any atom is -0.342 e. The Labute approximate surface area is 92.6 Å². The van der Waals surface area contributed by atoms with Crippen LogP contribution in [0.2, 0.25) is 0 Å². The van der Waals surface area contributed by atoms with E-state index in [4.69, 9.17) is 5.26 Å². The monoisotopic (exact) mass is 207 g/mol. The molecule has 0 radical (unpaired) electrons. The fourth-order valence-electron chi connectivity index (χ4n) is 2.12. The van der Waals surface area contributed by atoms with Crippen LogP contribution in [0.1, 0.15) is 5.69 Å². The molecule has 3 heteroatoms. The fraction of sp³-hybridized carbons (Fsp3) is 0.0769. The van der Waals surface area contributed by atoms with Crippen molar-refractivity contribution in [1.82, 2.24) is 9.55 Å². The molecule has 0 aliphatic rings. The summed E-state index contributed by atoms with van der Waals surface area (Å²) in [6.45, 7) is 0. The van der Waals surface area contributed by atoms with Crippen molar-refractivity contribution in [2.75, 3.05) is 0 Å². The molecule has 76 valence electrons. The number of aromatic nitrogens is 2. The average Bonchev–Trinajstić information content (AvgIpc) is 2.64. The largest absolute Gasteiger partial charge is 0.342 e. The second-order valence-corrected chi connectivity index (χ2v) is 3.77. The van der Waals surface area contributed by atoms with Gasteiger partial charge in [0.2, 0.25) is 0 Å². The maximum atomic E-state index is 8.86. The van der Waals surface area contributed by atoms with E-state index < -0.39 is 0 Å². The van der Waals surface area contributed by atoms with Crippen LogP contribution in [0.15, 0.2) is 36.5 Å². The van der Waals surface area contributed by atoms with Crippen molar-refractivity contribution in [2.24, 2.45) is 7.05 Å². The van der Waals surface area contributed by atoms with Gasteiger partial charge in [0.25, 0.3) is 0 Å². The highest BCUT2D eigenvalue weighted by Gasteiger charge is 2.08. The predicted octanol–water partition coefficient (Wildman–Crippen LogP) is 2.60. The van der Waals surface area contributed by atoms with E-state index in [0.29, 0.717) is 5.69 Å². The summed E-state index contributed by atoms with van der Waals surface area (Å²) in [6, 6.07) is 12.1. The zero-order chi connectivity index (χ0) is 11.1. The molecule has 0 aliphatic heterocycles. The maximum absolute atomic E-state index is 8.86. The Bertz CT molecular complexity index is 732. The standard InChI is InChI=1S/C13H9N3/c1-16-12-5-3-2-4-10(12)11-6-9(7-14)15-8-13(11)16/h2-6,8H,1H3. The van der Waals surface area contributed by atoms with Gasteiger partial charge in [-0.1, -0.05) is 18.2 Å². The molecule has 0 atom stereocenters. The Morgan fingerprint density at radius 3 is 2.81 bits per heavy atom. The van der Waals surface area contributed by atoms with Crippen molar-refractivity contribution in [3.8, 4) is 6.07 Å². The van der Waals surface area contributed by atoms with Gasteiger partial charge in [-0.3, -0.25) is 0 Å². The predicted molar refractivity (Wildman–Crippen MR) is 62.9 cm³/mol. The van der Waals surface area contributed by atoms with Crippen LogP contribution in [0, 0.1) is 11.3 Å². The van der Waals surface area contributed by atoms with Gasteiger partial charge in [0.15, 0.2) is 0 Å².